The van der Waals surface area contributed by atoms with E-state index < -0.39 is 0 Å². The summed E-state index contributed by atoms with van der Waals surface area (Å²) < 4.78 is 5.14. The van der Waals surface area contributed by atoms with Crippen molar-refractivity contribution in [3.63, 3.8) is 0 Å². The number of hydrogen-bond acceptors (Lipinski definition) is 2. The van der Waals surface area contributed by atoms with E-state index in [2.05, 4.69) is 17.6 Å². The largest absolute Gasteiger partial charge is 0.497 e. The maximum Gasteiger partial charge on any atom is 0.167 e. The summed E-state index contributed by atoms with van der Waals surface area (Å²) in [6, 6.07) is 15.7. The average molecular weight is 335 g/mol. The number of halogens is 1. The topological polar surface area (TPSA) is 33.3 Å². The Morgan fingerprint density at radius 3 is 2.36 bits per heavy atom. The second-order valence-electron chi connectivity index (χ2n) is 4.95. The predicted molar refractivity (Wildman–Crippen MR) is 95.4 cm³/mol. The molecule has 3 nitrogen and oxygen atoms in total. The third-order valence-electron chi connectivity index (χ3n) is 3.33. The first-order valence-electron chi connectivity index (χ1n) is 7.01. The SMILES string of the molecule is COc1ccc(CNC(=S)N[C@@H](C)c2ccc(Cl)cc2)cc1. The van der Waals surface area contributed by atoms with E-state index in [4.69, 9.17) is 28.6 Å². The monoisotopic (exact) mass is 334 g/mol. The normalized spacial score (nSPS) is 11.6. The van der Waals surface area contributed by atoms with Gasteiger partial charge in [0.15, 0.2) is 5.11 Å². The third-order valence-corrected chi connectivity index (χ3v) is 3.84. The fourth-order valence-corrected chi connectivity index (χ4v) is 2.38. The van der Waals surface area contributed by atoms with Crippen molar-refractivity contribution in [2.45, 2.75) is 19.5 Å². The highest BCUT2D eigenvalue weighted by molar-refractivity contribution is 7.80. The van der Waals surface area contributed by atoms with Crippen molar-refractivity contribution in [3.8, 4) is 5.75 Å². The van der Waals surface area contributed by atoms with Crippen LogP contribution in [0.5, 0.6) is 5.75 Å². The number of methoxy groups -OCH3 is 1. The van der Waals surface area contributed by atoms with Crippen molar-refractivity contribution in [2.24, 2.45) is 0 Å². The number of benzene rings is 2. The van der Waals surface area contributed by atoms with Crippen LogP contribution in [-0.2, 0) is 6.54 Å². The lowest BCUT2D eigenvalue weighted by atomic mass is 10.1. The van der Waals surface area contributed by atoms with Crippen molar-refractivity contribution in [1.82, 2.24) is 10.6 Å². The Morgan fingerprint density at radius 1 is 1.14 bits per heavy atom. The molecule has 0 aliphatic heterocycles. The summed E-state index contributed by atoms with van der Waals surface area (Å²) in [6.07, 6.45) is 0. The van der Waals surface area contributed by atoms with Crippen LogP contribution in [0.1, 0.15) is 24.1 Å². The molecule has 0 saturated carbocycles. The van der Waals surface area contributed by atoms with Crippen LogP contribution < -0.4 is 15.4 Å². The van der Waals surface area contributed by atoms with Gasteiger partial charge in [0, 0.05) is 11.6 Å². The molecular weight excluding hydrogens is 316 g/mol. The second kappa shape index (κ2) is 8.01. The maximum absolute atomic E-state index is 5.89. The molecule has 116 valence electrons. The maximum atomic E-state index is 5.89. The van der Waals surface area contributed by atoms with Gasteiger partial charge in [-0.1, -0.05) is 35.9 Å². The van der Waals surface area contributed by atoms with E-state index in [9.17, 15) is 0 Å². The van der Waals surface area contributed by atoms with Gasteiger partial charge in [-0.05, 0) is 54.5 Å². The van der Waals surface area contributed by atoms with Crippen LogP contribution in [0, 0.1) is 0 Å². The highest BCUT2D eigenvalue weighted by atomic mass is 35.5. The molecule has 0 aromatic heterocycles. The molecule has 0 spiro atoms. The first kappa shape index (κ1) is 16.6. The number of rotatable bonds is 5. The minimum Gasteiger partial charge on any atom is -0.497 e. The summed E-state index contributed by atoms with van der Waals surface area (Å²) in [5, 5.41) is 7.82. The van der Waals surface area contributed by atoms with E-state index in [1.165, 1.54) is 0 Å². The van der Waals surface area contributed by atoms with Crippen molar-refractivity contribution in [1.29, 1.82) is 0 Å². The molecule has 2 aromatic carbocycles. The van der Waals surface area contributed by atoms with Crippen LogP contribution in [0.3, 0.4) is 0 Å². The lowest BCUT2D eigenvalue weighted by molar-refractivity contribution is 0.414. The van der Waals surface area contributed by atoms with Crippen molar-refractivity contribution < 1.29 is 4.74 Å². The number of nitrogens with one attached hydrogen (secondary N) is 2. The smallest absolute Gasteiger partial charge is 0.167 e. The molecule has 0 fully saturated rings. The van der Waals surface area contributed by atoms with E-state index in [0.717, 1.165) is 21.9 Å². The standard InChI is InChI=1S/C17H19ClN2OS/c1-12(14-5-7-15(18)8-6-14)20-17(22)19-11-13-3-9-16(21-2)10-4-13/h3-10,12H,11H2,1-2H3,(H2,19,20,22)/t12-/m0/s1. The van der Waals surface area contributed by atoms with Gasteiger partial charge in [-0.15, -0.1) is 0 Å². The Balaban J connectivity index is 1.83. The molecule has 0 radical (unpaired) electrons. The zero-order valence-corrected chi connectivity index (χ0v) is 14.2. The van der Waals surface area contributed by atoms with Gasteiger partial charge in [0.25, 0.3) is 0 Å². The third kappa shape index (κ3) is 4.90. The summed E-state index contributed by atoms with van der Waals surface area (Å²) in [7, 11) is 1.66. The molecule has 2 aromatic rings. The summed E-state index contributed by atoms with van der Waals surface area (Å²) in [5.41, 5.74) is 2.28. The molecule has 0 aliphatic rings. The van der Waals surface area contributed by atoms with E-state index in [0.29, 0.717) is 11.7 Å². The molecule has 2 N–H and O–H groups in total. The second-order valence-corrected chi connectivity index (χ2v) is 5.79. The van der Waals surface area contributed by atoms with Crippen LogP contribution >= 0.6 is 23.8 Å². The minimum atomic E-state index is 0.119. The van der Waals surface area contributed by atoms with E-state index in [1.807, 2.05) is 48.5 Å². The van der Waals surface area contributed by atoms with Gasteiger partial charge in [0.1, 0.15) is 5.75 Å². The first-order chi connectivity index (χ1) is 10.6. The van der Waals surface area contributed by atoms with Crippen LogP contribution in [0.4, 0.5) is 0 Å². The fourth-order valence-electron chi connectivity index (χ4n) is 2.01. The Morgan fingerprint density at radius 2 is 1.77 bits per heavy atom. The minimum absolute atomic E-state index is 0.119. The van der Waals surface area contributed by atoms with Gasteiger partial charge in [-0.2, -0.15) is 0 Å². The van der Waals surface area contributed by atoms with Gasteiger partial charge in [-0.3, -0.25) is 0 Å². The van der Waals surface area contributed by atoms with Gasteiger partial charge in [0.05, 0.1) is 13.2 Å². The van der Waals surface area contributed by atoms with E-state index in [1.54, 1.807) is 7.11 Å². The van der Waals surface area contributed by atoms with Crippen LogP contribution in [0.25, 0.3) is 0 Å². The molecule has 0 aliphatic carbocycles. The van der Waals surface area contributed by atoms with E-state index in [-0.39, 0.29) is 6.04 Å². The van der Waals surface area contributed by atoms with Crippen molar-refractivity contribution in [3.05, 3.63) is 64.7 Å². The fraction of sp³-hybridized carbons (Fsp3) is 0.235. The number of ether oxygens (including phenoxy) is 1. The first-order valence-corrected chi connectivity index (χ1v) is 7.80. The lowest BCUT2D eigenvalue weighted by Gasteiger charge is -2.17. The van der Waals surface area contributed by atoms with Gasteiger partial charge >= 0.3 is 0 Å². The van der Waals surface area contributed by atoms with Gasteiger partial charge < -0.3 is 15.4 Å². The summed E-state index contributed by atoms with van der Waals surface area (Å²) in [6.45, 7) is 2.73. The average Bonchev–Trinajstić information content (AvgIpc) is 2.54. The molecular formula is C17H19ClN2OS. The zero-order valence-electron chi connectivity index (χ0n) is 12.6. The Bertz CT molecular complexity index is 614. The predicted octanol–water partition coefficient (Wildman–Crippen LogP) is 4.07. The summed E-state index contributed by atoms with van der Waals surface area (Å²) in [4.78, 5) is 0. The molecule has 5 heteroatoms. The van der Waals surface area contributed by atoms with Gasteiger partial charge in [0.2, 0.25) is 0 Å². The van der Waals surface area contributed by atoms with Crippen molar-refractivity contribution in [2.75, 3.05) is 7.11 Å². The zero-order chi connectivity index (χ0) is 15.9. The highest BCUT2D eigenvalue weighted by Gasteiger charge is 2.06. The van der Waals surface area contributed by atoms with Crippen LogP contribution in [0.15, 0.2) is 48.5 Å². The molecule has 0 bridgehead atoms. The van der Waals surface area contributed by atoms with E-state index >= 15 is 0 Å². The number of hydrogen-bond donors (Lipinski definition) is 2. The van der Waals surface area contributed by atoms with Crippen molar-refractivity contribution >= 4 is 28.9 Å². The molecule has 0 amide bonds. The molecule has 0 unspecified atom stereocenters. The molecule has 1 atom stereocenters. The number of thiocarbonyl (C=S) groups is 1. The quantitative estimate of drug-likeness (QED) is 0.807. The Kier molecular flexibility index (Phi) is 6.04. The molecule has 0 saturated heterocycles. The Hall–Kier alpha value is -1.78. The summed E-state index contributed by atoms with van der Waals surface area (Å²) in [5.74, 6) is 0.848. The van der Waals surface area contributed by atoms with Crippen LogP contribution in [0.2, 0.25) is 5.02 Å². The highest BCUT2D eigenvalue weighted by Crippen LogP contribution is 2.16. The van der Waals surface area contributed by atoms with Gasteiger partial charge in [-0.25, -0.2) is 0 Å². The molecule has 0 heterocycles. The summed E-state index contributed by atoms with van der Waals surface area (Å²) >= 11 is 11.2. The molecule has 2 rings (SSSR count). The Labute approximate surface area is 141 Å². The van der Waals surface area contributed by atoms with Crippen LogP contribution in [-0.4, -0.2) is 12.2 Å². The lowest BCUT2D eigenvalue weighted by Crippen LogP contribution is -2.36. The molecule has 22 heavy (non-hydrogen) atoms.